The highest BCUT2D eigenvalue weighted by Gasteiger charge is 2.32. The van der Waals surface area contributed by atoms with Crippen LogP contribution in [0.5, 0.6) is 23.0 Å². The Labute approximate surface area is 270 Å². The predicted molar refractivity (Wildman–Crippen MR) is 173 cm³/mol. The first-order valence-electron chi connectivity index (χ1n) is 15.6. The summed E-state index contributed by atoms with van der Waals surface area (Å²) < 4.78 is 34.2. The molecule has 0 amide bonds. The van der Waals surface area contributed by atoms with Crippen molar-refractivity contribution in [1.82, 2.24) is 0 Å². The minimum Gasteiger partial charge on any atom is -0.483 e. The van der Waals surface area contributed by atoms with Crippen LogP contribution in [0.3, 0.4) is 0 Å². The second-order valence-electron chi connectivity index (χ2n) is 11.3. The summed E-state index contributed by atoms with van der Waals surface area (Å²) in [4.78, 5) is 25.8. The Hall–Kier alpha value is -4.66. The Bertz CT molecular complexity index is 1380. The molecule has 4 aromatic rings. The Balaban J connectivity index is 1.06. The topological polar surface area (TPSA) is 89.5 Å². The Morgan fingerprint density at radius 3 is 1.17 bits per heavy atom. The van der Waals surface area contributed by atoms with Crippen LogP contribution in [0.4, 0.5) is 0 Å². The van der Waals surface area contributed by atoms with Crippen molar-refractivity contribution in [2.45, 2.75) is 37.9 Å². The van der Waals surface area contributed by atoms with Crippen molar-refractivity contribution in [3.05, 3.63) is 120 Å². The molecule has 0 N–H and O–H groups in total. The molecule has 0 heterocycles. The van der Waals surface area contributed by atoms with Gasteiger partial charge >= 0.3 is 11.9 Å². The molecule has 0 spiro atoms. The zero-order valence-electron chi connectivity index (χ0n) is 26.2. The summed E-state index contributed by atoms with van der Waals surface area (Å²) in [7, 11) is 3.28. The lowest BCUT2D eigenvalue weighted by Crippen LogP contribution is -2.30. The van der Waals surface area contributed by atoms with E-state index in [0.29, 0.717) is 61.9 Å². The molecule has 1 aliphatic rings. The molecule has 240 valence electrons. The van der Waals surface area contributed by atoms with Crippen LogP contribution in [0.1, 0.15) is 49.0 Å². The Morgan fingerprint density at radius 2 is 0.848 bits per heavy atom. The summed E-state index contributed by atoms with van der Waals surface area (Å²) in [5, 5.41) is 0. The van der Waals surface area contributed by atoms with Gasteiger partial charge in [0.1, 0.15) is 35.2 Å². The predicted octanol–water partition coefficient (Wildman–Crippen LogP) is 7.54. The van der Waals surface area contributed by atoms with Gasteiger partial charge in [0, 0.05) is 14.2 Å². The number of carbonyl (C=O) groups excluding carboxylic acids is 2. The number of carbonyl (C=O) groups is 2. The molecule has 0 bridgehead atoms. The summed E-state index contributed by atoms with van der Waals surface area (Å²) in [6, 6.07) is 33.7. The van der Waals surface area contributed by atoms with Crippen molar-refractivity contribution >= 4 is 11.9 Å². The number of benzene rings is 4. The van der Waals surface area contributed by atoms with Gasteiger partial charge in [0.15, 0.2) is 0 Å². The van der Waals surface area contributed by atoms with Crippen molar-refractivity contribution in [2.75, 3.05) is 27.4 Å². The lowest BCUT2D eigenvalue weighted by Gasteiger charge is -2.26. The second-order valence-corrected chi connectivity index (χ2v) is 11.3. The molecule has 8 nitrogen and oxygen atoms in total. The van der Waals surface area contributed by atoms with Gasteiger partial charge in [-0.25, -0.2) is 0 Å². The number of rotatable bonds is 14. The molecule has 4 aromatic carbocycles. The molecular formula is C38H40O8. The van der Waals surface area contributed by atoms with Crippen LogP contribution in [0.25, 0.3) is 0 Å². The van der Waals surface area contributed by atoms with Crippen molar-refractivity contribution in [3.8, 4) is 23.0 Å². The summed E-state index contributed by atoms with van der Waals surface area (Å²) in [5.41, 5.74) is 2.02. The fourth-order valence-electron chi connectivity index (χ4n) is 5.50. The van der Waals surface area contributed by atoms with Crippen LogP contribution in [0.15, 0.2) is 109 Å². The zero-order valence-corrected chi connectivity index (χ0v) is 26.2. The molecule has 8 heteroatoms. The van der Waals surface area contributed by atoms with Crippen molar-refractivity contribution in [1.29, 1.82) is 0 Å². The lowest BCUT2D eigenvalue weighted by molar-refractivity contribution is -0.145. The van der Waals surface area contributed by atoms with Crippen LogP contribution in [0.2, 0.25) is 0 Å². The van der Waals surface area contributed by atoms with Crippen LogP contribution in [0, 0.1) is 11.8 Å². The van der Waals surface area contributed by atoms with Crippen molar-refractivity contribution in [3.63, 3.8) is 0 Å². The van der Waals surface area contributed by atoms with E-state index in [1.807, 2.05) is 60.7 Å². The van der Waals surface area contributed by atoms with E-state index < -0.39 is 0 Å². The van der Waals surface area contributed by atoms with Gasteiger partial charge in [0.2, 0.25) is 0 Å². The summed E-state index contributed by atoms with van der Waals surface area (Å²) in [6.45, 7) is 0.812. The number of esters is 2. The van der Waals surface area contributed by atoms with Gasteiger partial charge in [-0.15, -0.1) is 0 Å². The van der Waals surface area contributed by atoms with Crippen molar-refractivity contribution < 1.29 is 38.0 Å². The fraction of sp³-hybridized carbons (Fsp3) is 0.316. The van der Waals surface area contributed by atoms with Gasteiger partial charge in [0.25, 0.3) is 0 Å². The average molecular weight is 625 g/mol. The van der Waals surface area contributed by atoms with Gasteiger partial charge in [-0.05, 0) is 85.3 Å². The third kappa shape index (κ3) is 9.19. The maximum Gasteiger partial charge on any atom is 0.314 e. The molecule has 0 saturated heterocycles. The van der Waals surface area contributed by atoms with Gasteiger partial charge in [-0.1, -0.05) is 60.7 Å². The standard InChI is InChI=1S/C38H40O8/c1-41-25-35(27-9-5-3-6-10-27)43-31-17-21-33(22-18-31)45-37(39)29-13-15-30(16-14-29)38(40)46-34-23-19-32(20-24-34)44-36(26-42-2)28-11-7-4-8-12-28/h3-12,17-24,29-30,35-36H,13-16,25-26H2,1-2H3. The minimum atomic E-state index is -0.292. The molecule has 1 aliphatic carbocycles. The highest BCUT2D eigenvalue weighted by atomic mass is 16.5. The number of methoxy groups -OCH3 is 2. The fourth-order valence-corrected chi connectivity index (χ4v) is 5.50. The van der Waals surface area contributed by atoms with Crippen molar-refractivity contribution in [2.24, 2.45) is 11.8 Å². The van der Waals surface area contributed by atoms with Gasteiger partial charge in [-0.3, -0.25) is 9.59 Å². The van der Waals surface area contributed by atoms with E-state index in [2.05, 4.69) is 0 Å². The minimum absolute atomic E-state index is 0.256. The zero-order chi connectivity index (χ0) is 32.1. The highest BCUT2D eigenvalue weighted by molar-refractivity contribution is 5.77. The molecule has 0 aliphatic heterocycles. The molecule has 46 heavy (non-hydrogen) atoms. The van der Waals surface area contributed by atoms with Gasteiger partial charge in [-0.2, -0.15) is 0 Å². The first kappa shape index (κ1) is 32.7. The van der Waals surface area contributed by atoms with Crippen LogP contribution >= 0.6 is 0 Å². The highest BCUT2D eigenvalue weighted by Crippen LogP contribution is 2.33. The first-order chi connectivity index (χ1) is 22.5. The Kier molecular flexibility index (Phi) is 11.8. The molecular weight excluding hydrogens is 584 g/mol. The van der Waals surface area contributed by atoms with Crippen LogP contribution < -0.4 is 18.9 Å². The SMILES string of the molecule is COCC(Oc1ccc(OC(=O)C2CCC(C(=O)Oc3ccc(OC(COC)c4ccccc4)cc3)CC2)cc1)c1ccccc1. The van der Waals surface area contributed by atoms with Gasteiger partial charge in [0.05, 0.1) is 25.0 Å². The van der Waals surface area contributed by atoms with E-state index in [1.165, 1.54) is 0 Å². The molecule has 1 fully saturated rings. The molecule has 2 unspecified atom stereocenters. The largest absolute Gasteiger partial charge is 0.483 e. The summed E-state index contributed by atoms with van der Waals surface area (Å²) >= 11 is 0. The summed E-state index contributed by atoms with van der Waals surface area (Å²) in [5.74, 6) is 1.07. The summed E-state index contributed by atoms with van der Waals surface area (Å²) in [6.07, 6.45) is 1.72. The molecule has 0 aromatic heterocycles. The number of hydrogen-bond acceptors (Lipinski definition) is 8. The van der Waals surface area contributed by atoms with Gasteiger partial charge < -0.3 is 28.4 Å². The normalized spacial score (nSPS) is 17.3. The maximum atomic E-state index is 12.9. The van der Waals surface area contributed by atoms with E-state index in [0.717, 1.165) is 11.1 Å². The van der Waals surface area contributed by atoms with Crippen LogP contribution in [-0.2, 0) is 19.1 Å². The second kappa shape index (κ2) is 16.6. The molecule has 2 atom stereocenters. The lowest BCUT2D eigenvalue weighted by atomic mass is 9.82. The third-order valence-corrected chi connectivity index (χ3v) is 8.01. The van der Waals surface area contributed by atoms with E-state index in [1.54, 1.807) is 62.8 Å². The number of ether oxygens (including phenoxy) is 6. The molecule has 5 rings (SSSR count). The van der Waals surface area contributed by atoms with Crippen LogP contribution in [-0.4, -0.2) is 39.4 Å². The Morgan fingerprint density at radius 1 is 0.522 bits per heavy atom. The van der Waals surface area contributed by atoms with E-state index >= 15 is 0 Å². The van der Waals surface area contributed by atoms with E-state index in [4.69, 9.17) is 28.4 Å². The smallest absolute Gasteiger partial charge is 0.314 e. The first-order valence-corrected chi connectivity index (χ1v) is 15.6. The molecule has 1 saturated carbocycles. The van der Waals surface area contributed by atoms with E-state index in [9.17, 15) is 9.59 Å². The monoisotopic (exact) mass is 624 g/mol. The quantitative estimate of drug-likeness (QED) is 0.105. The third-order valence-electron chi connectivity index (χ3n) is 8.01. The maximum absolute atomic E-state index is 12.9. The average Bonchev–Trinajstić information content (AvgIpc) is 3.10. The number of hydrogen-bond donors (Lipinski definition) is 0. The van der Waals surface area contributed by atoms with E-state index in [-0.39, 0.29) is 36.0 Å². The molecule has 0 radical (unpaired) electrons.